The fraction of sp³-hybridized carbons (Fsp3) is 0.130. The third kappa shape index (κ3) is 5.28. The maximum atomic E-state index is 13.4. The molecule has 2 aromatic carbocycles. The molecule has 2 aromatic heterocycles. The predicted octanol–water partition coefficient (Wildman–Crippen LogP) is 5.16. The Morgan fingerprint density at radius 1 is 1.16 bits per heavy atom. The van der Waals surface area contributed by atoms with E-state index in [0.29, 0.717) is 18.1 Å². The van der Waals surface area contributed by atoms with Crippen LogP contribution in [-0.2, 0) is 13.2 Å². The van der Waals surface area contributed by atoms with Gasteiger partial charge in [0, 0.05) is 6.20 Å². The van der Waals surface area contributed by atoms with Gasteiger partial charge in [-0.05, 0) is 54.1 Å². The quantitative estimate of drug-likeness (QED) is 0.397. The number of nitrogens with zero attached hydrogens (tertiary/aromatic N) is 2. The molecule has 4 rings (SSSR count). The Kier molecular flexibility index (Phi) is 6.42. The molecular formula is C23H19ClFN3O4. The Morgan fingerprint density at radius 3 is 2.69 bits per heavy atom. The van der Waals surface area contributed by atoms with Crippen molar-refractivity contribution in [3.8, 4) is 11.5 Å². The normalized spacial score (nSPS) is 10.7. The Morgan fingerprint density at radius 2 is 1.94 bits per heavy atom. The number of anilines is 1. The van der Waals surface area contributed by atoms with E-state index in [9.17, 15) is 9.18 Å². The molecule has 32 heavy (non-hydrogen) atoms. The van der Waals surface area contributed by atoms with Crippen molar-refractivity contribution in [1.82, 2.24) is 9.78 Å². The molecule has 0 fully saturated rings. The van der Waals surface area contributed by atoms with Crippen molar-refractivity contribution in [3.05, 3.63) is 94.8 Å². The van der Waals surface area contributed by atoms with Crippen molar-refractivity contribution in [2.24, 2.45) is 0 Å². The first-order valence-electron chi connectivity index (χ1n) is 9.64. The molecule has 0 atom stereocenters. The molecule has 0 aliphatic heterocycles. The molecule has 0 spiro atoms. The monoisotopic (exact) mass is 455 g/mol. The second-order valence-corrected chi connectivity index (χ2v) is 7.24. The number of halogens is 2. The molecule has 4 aromatic rings. The highest BCUT2D eigenvalue weighted by Crippen LogP contribution is 2.22. The molecule has 0 aliphatic rings. The van der Waals surface area contributed by atoms with E-state index in [1.807, 2.05) is 0 Å². The number of hydrogen-bond donors (Lipinski definition) is 1. The van der Waals surface area contributed by atoms with Crippen LogP contribution in [0.15, 0.2) is 71.3 Å². The van der Waals surface area contributed by atoms with Gasteiger partial charge in [-0.25, -0.2) is 4.39 Å². The summed E-state index contributed by atoms with van der Waals surface area (Å²) in [5.74, 6) is 1.29. The van der Waals surface area contributed by atoms with Crippen LogP contribution in [0.1, 0.15) is 21.9 Å². The van der Waals surface area contributed by atoms with Gasteiger partial charge in [0.15, 0.2) is 11.6 Å². The van der Waals surface area contributed by atoms with E-state index in [0.717, 1.165) is 11.3 Å². The lowest BCUT2D eigenvalue weighted by Crippen LogP contribution is -2.12. The lowest BCUT2D eigenvalue weighted by atomic mass is 10.2. The molecule has 9 heteroatoms. The van der Waals surface area contributed by atoms with Gasteiger partial charge in [0.05, 0.1) is 13.7 Å². The van der Waals surface area contributed by atoms with E-state index >= 15 is 0 Å². The van der Waals surface area contributed by atoms with Gasteiger partial charge in [0.1, 0.15) is 34.7 Å². The Hall–Kier alpha value is -3.78. The number of aromatic nitrogens is 2. The number of methoxy groups -OCH3 is 1. The average Bonchev–Trinajstić information content (AvgIpc) is 3.39. The van der Waals surface area contributed by atoms with Crippen LogP contribution in [0.5, 0.6) is 11.5 Å². The van der Waals surface area contributed by atoms with Crippen LogP contribution in [0.3, 0.4) is 0 Å². The number of ether oxygens (including phenoxy) is 2. The van der Waals surface area contributed by atoms with Crippen LogP contribution in [0, 0.1) is 5.82 Å². The number of benzene rings is 2. The molecule has 0 saturated heterocycles. The topological polar surface area (TPSA) is 78.5 Å². The van der Waals surface area contributed by atoms with Gasteiger partial charge < -0.3 is 19.2 Å². The summed E-state index contributed by atoms with van der Waals surface area (Å²) < 4.78 is 31.2. The lowest BCUT2D eigenvalue weighted by molar-refractivity contribution is 0.0992. The second kappa shape index (κ2) is 9.57. The molecular weight excluding hydrogens is 437 g/mol. The number of rotatable bonds is 8. The number of amides is 1. The van der Waals surface area contributed by atoms with Gasteiger partial charge in [-0.1, -0.05) is 23.7 Å². The van der Waals surface area contributed by atoms with E-state index in [1.165, 1.54) is 16.8 Å². The van der Waals surface area contributed by atoms with Crippen molar-refractivity contribution < 1.29 is 23.1 Å². The number of furan rings is 1. The van der Waals surface area contributed by atoms with Crippen LogP contribution in [0.4, 0.5) is 10.2 Å². The summed E-state index contributed by atoms with van der Waals surface area (Å²) in [5, 5.41) is 7.12. The predicted molar refractivity (Wildman–Crippen MR) is 117 cm³/mol. The average molecular weight is 456 g/mol. The van der Waals surface area contributed by atoms with Crippen molar-refractivity contribution in [2.45, 2.75) is 13.2 Å². The minimum absolute atomic E-state index is 0.0917. The largest absolute Gasteiger partial charge is 0.497 e. The molecule has 1 N–H and O–H groups in total. The van der Waals surface area contributed by atoms with E-state index < -0.39 is 5.91 Å². The molecule has 0 radical (unpaired) electrons. The Labute approximate surface area is 188 Å². The summed E-state index contributed by atoms with van der Waals surface area (Å²) in [6.07, 6.45) is 1.55. The summed E-state index contributed by atoms with van der Waals surface area (Å²) in [7, 11) is 1.59. The van der Waals surface area contributed by atoms with E-state index in [1.54, 1.807) is 61.8 Å². The van der Waals surface area contributed by atoms with Gasteiger partial charge in [-0.3, -0.25) is 9.48 Å². The van der Waals surface area contributed by atoms with E-state index in [-0.39, 0.29) is 29.0 Å². The summed E-state index contributed by atoms with van der Waals surface area (Å²) in [5.41, 5.74) is 0.717. The lowest BCUT2D eigenvalue weighted by Gasteiger charge is -2.05. The third-order valence-corrected chi connectivity index (χ3v) is 4.79. The first kappa shape index (κ1) is 21.5. The highest BCUT2D eigenvalue weighted by molar-refractivity contribution is 6.33. The number of carbonyl (C=O) groups is 1. The smallest absolute Gasteiger partial charge is 0.292 e. The highest BCUT2D eigenvalue weighted by atomic mass is 35.5. The Balaban J connectivity index is 1.36. The fourth-order valence-corrected chi connectivity index (χ4v) is 3.16. The van der Waals surface area contributed by atoms with Crippen molar-refractivity contribution in [1.29, 1.82) is 0 Å². The van der Waals surface area contributed by atoms with Gasteiger partial charge in [-0.2, -0.15) is 5.10 Å². The van der Waals surface area contributed by atoms with Crippen LogP contribution in [-0.4, -0.2) is 22.8 Å². The first-order chi connectivity index (χ1) is 15.5. The molecule has 0 unspecified atom stereocenters. The molecule has 2 heterocycles. The zero-order valence-electron chi connectivity index (χ0n) is 17.0. The van der Waals surface area contributed by atoms with Crippen molar-refractivity contribution in [2.75, 3.05) is 12.4 Å². The summed E-state index contributed by atoms with van der Waals surface area (Å²) in [6.45, 7) is 0.462. The number of nitrogens with one attached hydrogen (secondary N) is 1. The molecule has 0 saturated carbocycles. The van der Waals surface area contributed by atoms with Crippen molar-refractivity contribution in [3.63, 3.8) is 0 Å². The van der Waals surface area contributed by atoms with Crippen LogP contribution in [0.25, 0.3) is 0 Å². The van der Waals surface area contributed by atoms with Gasteiger partial charge >= 0.3 is 0 Å². The first-order valence-corrected chi connectivity index (χ1v) is 10.0. The van der Waals surface area contributed by atoms with Crippen molar-refractivity contribution >= 4 is 23.3 Å². The fourth-order valence-electron chi connectivity index (χ4n) is 2.96. The van der Waals surface area contributed by atoms with Gasteiger partial charge in [0.25, 0.3) is 5.91 Å². The summed E-state index contributed by atoms with van der Waals surface area (Å²) in [4.78, 5) is 12.5. The zero-order valence-corrected chi connectivity index (χ0v) is 17.8. The zero-order chi connectivity index (χ0) is 22.5. The molecule has 1 amide bonds. The number of carbonyl (C=O) groups excluding carboxylic acids is 1. The molecule has 0 aliphatic carbocycles. The maximum Gasteiger partial charge on any atom is 0.292 e. The summed E-state index contributed by atoms with van der Waals surface area (Å²) >= 11 is 6.19. The molecule has 164 valence electrons. The van der Waals surface area contributed by atoms with E-state index in [2.05, 4.69) is 10.4 Å². The minimum atomic E-state index is -0.501. The SMILES string of the molecule is COc1ccc(OCc2ccc(C(=O)Nc3nn(Cc4cccc(F)c4)cc3Cl)o2)cc1. The highest BCUT2D eigenvalue weighted by Gasteiger charge is 2.16. The third-order valence-electron chi connectivity index (χ3n) is 4.51. The van der Waals surface area contributed by atoms with Crippen LogP contribution in [0.2, 0.25) is 5.02 Å². The van der Waals surface area contributed by atoms with Crippen LogP contribution >= 0.6 is 11.6 Å². The van der Waals surface area contributed by atoms with Crippen LogP contribution < -0.4 is 14.8 Å². The van der Waals surface area contributed by atoms with Gasteiger partial charge in [-0.15, -0.1) is 0 Å². The number of hydrogen-bond acceptors (Lipinski definition) is 5. The minimum Gasteiger partial charge on any atom is -0.497 e. The van der Waals surface area contributed by atoms with Gasteiger partial charge in [0.2, 0.25) is 0 Å². The standard InChI is InChI=1S/C23H19ClFN3O4/c1-30-17-5-7-18(8-6-17)31-14-19-9-10-21(32-19)23(29)26-22-20(24)13-28(27-22)12-15-3-2-4-16(25)11-15/h2-11,13H,12,14H2,1H3,(H,26,27,29). The summed E-state index contributed by atoms with van der Waals surface area (Å²) in [6, 6.07) is 16.5. The molecule has 7 nitrogen and oxygen atoms in total. The molecule has 0 bridgehead atoms. The Bertz CT molecular complexity index is 1220. The van der Waals surface area contributed by atoms with E-state index in [4.69, 9.17) is 25.5 Å². The maximum absolute atomic E-state index is 13.4. The second-order valence-electron chi connectivity index (χ2n) is 6.84.